The lowest BCUT2D eigenvalue weighted by atomic mass is 10.0. The average molecular weight is 555 g/mol. The predicted molar refractivity (Wildman–Crippen MR) is 137 cm³/mol. The molecule has 5 aromatic rings. The van der Waals surface area contributed by atoms with Crippen molar-refractivity contribution >= 4 is 15.8 Å². The van der Waals surface area contributed by atoms with Crippen LogP contribution in [0.2, 0.25) is 0 Å². The molecule has 0 aliphatic carbocycles. The first-order chi connectivity index (χ1) is 18.5. The van der Waals surface area contributed by atoms with Crippen LogP contribution in [-0.4, -0.2) is 40.4 Å². The van der Waals surface area contributed by atoms with Crippen molar-refractivity contribution in [2.24, 2.45) is 0 Å². The molecule has 39 heavy (non-hydrogen) atoms. The van der Waals surface area contributed by atoms with Gasteiger partial charge in [-0.2, -0.15) is 18.3 Å². The summed E-state index contributed by atoms with van der Waals surface area (Å²) in [5.41, 5.74) is 0.753. The minimum atomic E-state index is -4.66. The van der Waals surface area contributed by atoms with Crippen molar-refractivity contribution in [1.82, 2.24) is 24.9 Å². The standard InChI is InChI=1S/C26H21F3N6O3S/c1-16-17(2)38-33-25(16)34(3)39(36,37)22-8-5-4-7-20(22)19-10-9-18(24-30-12-6-13-31-24)15-21(19)35-14-11-23(32-35)26(27,28)29/h4-15H,1-3H3. The first-order valence-electron chi connectivity index (χ1n) is 11.5. The molecular formula is C26H21F3N6O3S. The Morgan fingerprint density at radius 1 is 0.949 bits per heavy atom. The highest BCUT2D eigenvalue weighted by molar-refractivity contribution is 7.93. The van der Waals surface area contributed by atoms with E-state index in [1.807, 2.05) is 0 Å². The lowest BCUT2D eigenvalue weighted by Gasteiger charge is -2.21. The van der Waals surface area contributed by atoms with Gasteiger partial charge in [0.05, 0.1) is 10.6 Å². The fourth-order valence-corrected chi connectivity index (χ4v) is 5.42. The van der Waals surface area contributed by atoms with E-state index in [-0.39, 0.29) is 22.0 Å². The van der Waals surface area contributed by atoms with E-state index in [2.05, 4.69) is 20.2 Å². The van der Waals surface area contributed by atoms with Gasteiger partial charge in [-0.1, -0.05) is 35.5 Å². The maximum absolute atomic E-state index is 13.8. The Hall–Kier alpha value is -4.52. The molecule has 0 fully saturated rings. The molecule has 0 saturated carbocycles. The van der Waals surface area contributed by atoms with E-state index in [9.17, 15) is 21.6 Å². The number of rotatable bonds is 6. The van der Waals surface area contributed by atoms with Crippen molar-refractivity contribution in [2.45, 2.75) is 24.9 Å². The molecule has 0 saturated heterocycles. The predicted octanol–water partition coefficient (Wildman–Crippen LogP) is 5.45. The van der Waals surface area contributed by atoms with Crippen LogP contribution in [0, 0.1) is 13.8 Å². The van der Waals surface area contributed by atoms with Crippen molar-refractivity contribution in [1.29, 1.82) is 0 Å². The van der Waals surface area contributed by atoms with Crippen LogP contribution in [0.1, 0.15) is 17.0 Å². The Balaban J connectivity index is 1.71. The molecule has 3 heterocycles. The van der Waals surface area contributed by atoms with Crippen LogP contribution >= 0.6 is 0 Å². The van der Waals surface area contributed by atoms with Crippen molar-refractivity contribution in [3.05, 3.63) is 90.2 Å². The molecule has 200 valence electrons. The molecule has 0 spiro atoms. The summed E-state index contributed by atoms with van der Waals surface area (Å²) in [5, 5.41) is 7.61. The maximum Gasteiger partial charge on any atom is 0.435 e. The van der Waals surface area contributed by atoms with E-state index in [0.29, 0.717) is 28.3 Å². The van der Waals surface area contributed by atoms with Crippen molar-refractivity contribution in [3.63, 3.8) is 0 Å². The van der Waals surface area contributed by atoms with E-state index < -0.39 is 21.9 Å². The first-order valence-corrected chi connectivity index (χ1v) is 13.0. The number of anilines is 1. The van der Waals surface area contributed by atoms with Crippen LogP contribution in [0.25, 0.3) is 28.2 Å². The topological polar surface area (TPSA) is 107 Å². The second-order valence-corrected chi connectivity index (χ2v) is 10.5. The highest BCUT2D eigenvalue weighted by Crippen LogP contribution is 2.37. The van der Waals surface area contributed by atoms with Gasteiger partial charge in [-0.05, 0) is 38.1 Å². The summed E-state index contributed by atoms with van der Waals surface area (Å²) >= 11 is 0. The van der Waals surface area contributed by atoms with Gasteiger partial charge in [-0.3, -0.25) is 0 Å². The fraction of sp³-hybridized carbons (Fsp3) is 0.154. The molecule has 0 aliphatic rings. The van der Waals surface area contributed by atoms with Crippen molar-refractivity contribution in [3.8, 4) is 28.2 Å². The third kappa shape index (κ3) is 4.76. The van der Waals surface area contributed by atoms with E-state index >= 15 is 0 Å². The van der Waals surface area contributed by atoms with Gasteiger partial charge in [-0.15, -0.1) is 0 Å². The lowest BCUT2D eigenvalue weighted by Crippen LogP contribution is -2.28. The number of aryl methyl sites for hydroxylation is 1. The van der Waals surface area contributed by atoms with Gasteiger partial charge in [0.2, 0.25) is 0 Å². The molecule has 0 radical (unpaired) electrons. The summed E-state index contributed by atoms with van der Waals surface area (Å²) in [7, 11) is -2.83. The number of halogens is 3. The van der Waals surface area contributed by atoms with E-state index in [1.54, 1.807) is 56.3 Å². The zero-order valence-electron chi connectivity index (χ0n) is 20.9. The number of benzene rings is 2. The van der Waals surface area contributed by atoms with Gasteiger partial charge >= 0.3 is 6.18 Å². The van der Waals surface area contributed by atoms with E-state index in [1.165, 1.54) is 31.7 Å². The highest BCUT2D eigenvalue weighted by atomic mass is 32.2. The summed E-state index contributed by atoms with van der Waals surface area (Å²) in [6.07, 6.45) is -0.418. The Bertz CT molecular complexity index is 1770. The number of sulfonamides is 1. The van der Waals surface area contributed by atoms with Crippen LogP contribution in [0.5, 0.6) is 0 Å². The van der Waals surface area contributed by atoms with Crippen molar-refractivity contribution < 1.29 is 26.1 Å². The van der Waals surface area contributed by atoms with Crippen LogP contribution < -0.4 is 4.31 Å². The zero-order valence-corrected chi connectivity index (χ0v) is 21.7. The summed E-state index contributed by atoms with van der Waals surface area (Å²) in [5.74, 6) is 0.938. The molecule has 2 aromatic carbocycles. The summed E-state index contributed by atoms with van der Waals surface area (Å²) in [4.78, 5) is 8.35. The molecule has 13 heteroatoms. The minimum Gasteiger partial charge on any atom is -0.359 e. The molecule has 0 atom stereocenters. The summed E-state index contributed by atoms with van der Waals surface area (Å²) in [6, 6.07) is 13.5. The summed E-state index contributed by atoms with van der Waals surface area (Å²) in [6.45, 7) is 3.36. The van der Waals surface area contributed by atoms with Gasteiger partial charge in [0.25, 0.3) is 10.0 Å². The van der Waals surface area contributed by atoms with E-state index in [4.69, 9.17) is 4.52 Å². The third-order valence-electron chi connectivity index (χ3n) is 6.19. The van der Waals surface area contributed by atoms with Gasteiger partial charge in [0.15, 0.2) is 17.3 Å². The van der Waals surface area contributed by atoms with Crippen LogP contribution in [-0.2, 0) is 16.2 Å². The molecule has 0 bridgehead atoms. The quantitative estimate of drug-likeness (QED) is 0.275. The van der Waals surface area contributed by atoms with Gasteiger partial charge in [0, 0.05) is 47.9 Å². The molecule has 0 amide bonds. The van der Waals surface area contributed by atoms with Crippen molar-refractivity contribution in [2.75, 3.05) is 11.4 Å². The lowest BCUT2D eigenvalue weighted by molar-refractivity contribution is -0.141. The Labute approximate surface area is 221 Å². The largest absolute Gasteiger partial charge is 0.435 e. The second kappa shape index (κ2) is 9.66. The van der Waals surface area contributed by atoms with E-state index in [0.717, 1.165) is 15.1 Å². The second-order valence-electron chi connectivity index (χ2n) is 8.60. The zero-order chi connectivity index (χ0) is 27.9. The minimum absolute atomic E-state index is 0.0827. The number of aromatic nitrogens is 5. The molecule has 9 nitrogen and oxygen atoms in total. The maximum atomic E-state index is 13.8. The smallest absolute Gasteiger partial charge is 0.359 e. The van der Waals surface area contributed by atoms with Crippen LogP contribution in [0.3, 0.4) is 0 Å². The molecule has 0 unspecified atom stereocenters. The fourth-order valence-electron chi connectivity index (χ4n) is 4.02. The monoisotopic (exact) mass is 554 g/mol. The van der Waals surface area contributed by atoms with Gasteiger partial charge in [0.1, 0.15) is 5.76 Å². The Kier molecular flexibility index (Phi) is 6.46. The molecule has 5 rings (SSSR count). The van der Waals surface area contributed by atoms with Crippen LogP contribution in [0.4, 0.5) is 19.0 Å². The number of hydrogen-bond donors (Lipinski definition) is 0. The Morgan fingerprint density at radius 2 is 1.67 bits per heavy atom. The molecular weight excluding hydrogens is 533 g/mol. The first kappa shape index (κ1) is 26.1. The summed E-state index contributed by atoms with van der Waals surface area (Å²) < 4.78 is 75.0. The normalized spacial score (nSPS) is 12.1. The number of nitrogens with zero attached hydrogens (tertiary/aromatic N) is 6. The van der Waals surface area contributed by atoms with Crippen LogP contribution in [0.15, 0.2) is 82.6 Å². The molecule has 3 aromatic heterocycles. The number of alkyl halides is 3. The highest BCUT2D eigenvalue weighted by Gasteiger charge is 2.34. The Morgan fingerprint density at radius 3 is 2.31 bits per heavy atom. The number of hydrogen-bond acceptors (Lipinski definition) is 7. The molecule has 0 N–H and O–H groups in total. The third-order valence-corrected chi connectivity index (χ3v) is 8.00. The van der Waals surface area contributed by atoms with Gasteiger partial charge < -0.3 is 4.52 Å². The molecule has 0 aliphatic heterocycles. The average Bonchev–Trinajstić information content (AvgIpc) is 3.56. The van der Waals surface area contributed by atoms with Gasteiger partial charge in [-0.25, -0.2) is 27.4 Å². The SMILES string of the molecule is Cc1onc(N(C)S(=O)(=O)c2ccccc2-c2ccc(-c3ncccn3)cc2-n2ccc(C(F)(F)F)n2)c1C.